The van der Waals surface area contributed by atoms with Crippen molar-refractivity contribution in [3.8, 4) is 0 Å². The largest absolute Gasteiger partial charge is 0.469 e. The number of ether oxygens (including phenoxy) is 2. The molecule has 2 aromatic rings. The molecule has 2 fully saturated rings. The number of methoxy groups -OCH3 is 1. The lowest BCUT2D eigenvalue weighted by molar-refractivity contribution is -0.149. The van der Waals surface area contributed by atoms with Gasteiger partial charge in [-0.15, -0.1) is 0 Å². The monoisotopic (exact) mass is 653 g/mol. The van der Waals surface area contributed by atoms with E-state index in [9.17, 15) is 24.3 Å². The molecule has 3 amide bonds. The van der Waals surface area contributed by atoms with E-state index < -0.39 is 31.6 Å². The van der Waals surface area contributed by atoms with Crippen molar-refractivity contribution >= 4 is 43.5 Å². The van der Waals surface area contributed by atoms with Crippen LogP contribution in [0.1, 0.15) is 50.2 Å². The van der Waals surface area contributed by atoms with E-state index in [2.05, 4.69) is 0 Å². The second-order valence-corrected chi connectivity index (χ2v) is 16.8. The maximum atomic E-state index is 16.3. The first-order valence-corrected chi connectivity index (χ1v) is 19.0. The van der Waals surface area contributed by atoms with Crippen LogP contribution in [0.15, 0.2) is 48.5 Å². The molecule has 2 aromatic carbocycles. The average molecular weight is 654 g/mol. The Hall–Kier alpha value is -3.61. The lowest BCUT2D eigenvalue weighted by Crippen LogP contribution is -2.46. The molecular formula is C34H44FN3O7Si. The van der Waals surface area contributed by atoms with Gasteiger partial charge in [0.1, 0.15) is 0 Å². The predicted octanol–water partition coefficient (Wildman–Crippen LogP) is 4.30. The van der Waals surface area contributed by atoms with Crippen LogP contribution in [0.5, 0.6) is 0 Å². The maximum Gasteiger partial charge on any atom is 0.305 e. The number of benzene rings is 2. The lowest BCUT2D eigenvalue weighted by Gasteiger charge is -2.33. The van der Waals surface area contributed by atoms with E-state index in [1.165, 1.54) is 7.11 Å². The summed E-state index contributed by atoms with van der Waals surface area (Å²) >= 11 is 0. The molecule has 3 aliphatic rings. The Kier molecular flexibility index (Phi) is 9.99. The Morgan fingerprint density at radius 2 is 1.89 bits per heavy atom. The van der Waals surface area contributed by atoms with E-state index >= 15 is 4.11 Å². The highest BCUT2D eigenvalue weighted by Gasteiger charge is 2.67. The van der Waals surface area contributed by atoms with E-state index in [1.807, 2.05) is 55.5 Å². The third-order valence-electron chi connectivity index (χ3n) is 9.66. The molecular weight excluding hydrogens is 609 g/mol. The van der Waals surface area contributed by atoms with Crippen molar-refractivity contribution in [3.05, 3.63) is 59.7 Å². The highest BCUT2D eigenvalue weighted by molar-refractivity contribution is 6.72. The summed E-state index contributed by atoms with van der Waals surface area (Å²) < 4.78 is 27.9. The standard InChI is InChI=1S/C34H44FN3O7Si/c1-23-32(46(3,4)35)28(21-30(41)36(18-19-39)22-24-10-6-5-7-11-24)45-34(23)26-20-25(37-17-15-29(37)40)13-14-27(26)38(33(34)43)16-9-8-12-31(42)44-2/h5-7,10-11,13-14,20,23,28,32,39H,8-9,12,15-19,21-22H2,1-4H3/t23-,28+,32-,34+/m0/s1. The first-order valence-electron chi connectivity index (χ1n) is 16.0. The molecule has 1 spiro atoms. The van der Waals surface area contributed by atoms with Gasteiger partial charge in [-0.1, -0.05) is 37.3 Å². The SMILES string of the molecule is COC(=O)CCCCN1C(=O)[C@]2(O[C@H](CC(=O)N(CCO)Cc3ccccc3)[C@@H]([Si](C)(C)F)[C@@H]2C)c2cc(N3CCC3=O)ccc21. The molecule has 3 heterocycles. The van der Waals surface area contributed by atoms with Gasteiger partial charge in [0.05, 0.1) is 31.9 Å². The summed E-state index contributed by atoms with van der Waals surface area (Å²) in [5, 5.41) is 9.75. The van der Waals surface area contributed by atoms with Crippen molar-refractivity contribution in [2.45, 2.75) is 75.9 Å². The number of hydrogen-bond donors (Lipinski definition) is 1. The van der Waals surface area contributed by atoms with Crippen LogP contribution in [0.2, 0.25) is 18.6 Å². The number of β-lactam (4-membered cyclic amide) rings is 1. The van der Waals surface area contributed by atoms with E-state index in [1.54, 1.807) is 27.8 Å². The summed E-state index contributed by atoms with van der Waals surface area (Å²) in [6.07, 6.45) is 0.693. The van der Waals surface area contributed by atoms with Crippen molar-refractivity contribution in [2.75, 3.05) is 43.2 Å². The Balaban J connectivity index is 1.49. The number of aliphatic hydroxyl groups is 1. The molecule has 3 aliphatic heterocycles. The summed E-state index contributed by atoms with van der Waals surface area (Å²) in [4.78, 5) is 57.3. The van der Waals surface area contributed by atoms with Gasteiger partial charge in [-0.05, 0) is 49.7 Å². The molecule has 2 saturated heterocycles. The number of fused-ring (bicyclic) bond motifs is 2. The molecule has 248 valence electrons. The normalized spacial score (nSPS) is 23.9. The molecule has 12 heteroatoms. The van der Waals surface area contributed by atoms with Crippen molar-refractivity contribution in [1.29, 1.82) is 0 Å². The third-order valence-corrected chi connectivity index (χ3v) is 12.1. The van der Waals surface area contributed by atoms with Crippen molar-refractivity contribution in [1.82, 2.24) is 4.90 Å². The van der Waals surface area contributed by atoms with E-state index in [0.717, 1.165) is 5.56 Å². The molecule has 4 atom stereocenters. The van der Waals surface area contributed by atoms with Crippen LogP contribution in [-0.2, 0) is 40.8 Å². The fourth-order valence-electron chi connectivity index (χ4n) is 7.37. The molecule has 46 heavy (non-hydrogen) atoms. The Morgan fingerprint density at radius 1 is 1.15 bits per heavy atom. The summed E-state index contributed by atoms with van der Waals surface area (Å²) in [5.41, 5.74) is 0.514. The van der Waals surface area contributed by atoms with Gasteiger partial charge in [0.25, 0.3) is 5.91 Å². The zero-order valence-corrected chi connectivity index (χ0v) is 28.0. The number of amides is 3. The van der Waals surface area contributed by atoms with Crippen LogP contribution >= 0.6 is 0 Å². The highest BCUT2D eigenvalue weighted by atomic mass is 28.4. The highest BCUT2D eigenvalue weighted by Crippen LogP contribution is 2.60. The molecule has 0 saturated carbocycles. The van der Waals surface area contributed by atoms with Crippen LogP contribution < -0.4 is 9.80 Å². The molecule has 0 bridgehead atoms. The molecule has 1 N–H and O–H groups in total. The summed E-state index contributed by atoms with van der Waals surface area (Å²) in [5.74, 6) is -1.56. The number of unbranched alkanes of at least 4 members (excludes halogenated alkanes) is 1. The number of hydrogen-bond acceptors (Lipinski definition) is 7. The average Bonchev–Trinajstić information content (AvgIpc) is 3.44. The van der Waals surface area contributed by atoms with E-state index in [-0.39, 0.29) is 56.2 Å². The Bertz CT molecular complexity index is 1470. The molecule has 10 nitrogen and oxygen atoms in total. The van der Waals surface area contributed by atoms with Crippen molar-refractivity contribution in [2.24, 2.45) is 5.92 Å². The summed E-state index contributed by atoms with van der Waals surface area (Å²) in [6.45, 7) is 6.05. The molecule has 0 radical (unpaired) electrons. The summed E-state index contributed by atoms with van der Waals surface area (Å²) in [6, 6.07) is 14.9. The van der Waals surface area contributed by atoms with Crippen LogP contribution in [0.25, 0.3) is 0 Å². The Labute approximate surface area is 270 Å². The first-order chi connectivity index (χ1) is 21.9. The number of rotatable bonds is 13. The van der Waals surface area contributed by atoms with Gasteiger partial charge in [0.15, 0.2) is 5.60 Å². The third kappa shape index (κ3) is 6.34. The van der Waals surface area contributed by atoms with Crippen LogP contribution in [0.4, 0.5) is 15.5 Å². The number of esters is 1. The number of carbonyl (C=O) groups is 4. The van der Waals surface area contributed by atoms with Gasteiger partial charge >= 0.3 is 5.97 Å². The minimum absolute atomic E-state index is 0.0144. The van der Waals surface area contributed by atoms with Crippen LogP contribution in [-0.4, -0.2) is 81.6 Å². The molecule has 0 aliphatic carbocycles. The minimum Gasteiger partial charge on any atom is -0.469 e. The van der Waals surface area contributed by atoms with Gasteiger partial charge in [-0.3, -0.25) is 19.2 Å². The van der Waals surface area contributed by atoms with Gasteiger partial charge in [0, 0.05) is 61.7 Å². The van der Waals surface area contributed by atoms with Crippen molar-refractivity contribution < 1.29 is 37.9 Å². The topological polar surface area (TPSA) is 117 Å². The van der Waals surface area contributed by atoms with E-state index in [4.69, 9.17) is 9.47 Å². The number of aliphatic hydroxyl groups excluding tert-OH is 1. The maximum absolute atomic E-state index is 16.3. The minimum atomic E-state index is -3.53. The zero-order chi connectivity index (χ0) is 33.2. The molecule has 0 aromatic heterocycles. The molecule has 5 rings (SSSR count). The van der Waals surface area contributed by atoms with Gasteiger partial charge < -0.3 is 33.4 Å². The van der Waals surface area contributed by atoms with Gasteiger partial charge in [-0.25, -0.2) is 0 Å². The van der Waals surface area contributed by atoms with Gasteiger partial charge in [-0.2, -0.15) is 0 Å². The van der Waals surface area contributed by atoms with Crippen molar-refractivity contribution in [3.63, 3.8) is 0 Å². The fraction of sp³-hybridized carbons (Fsp3) is 0.529. The van der Waals surface area contributed by atoms with Crippen LogP contribution in [0.3, 0.4) is 0 Å². The number of carbonyl (C=O) groups excluding carboxylic acids is 4. The zero-order valence-electron chi connectivity index (χ0n) is 27.0. The first kappa shape index (κ1) is 33.7. The lowest BCUT2D eigenvalue weighted by atomic mass is 9.82. The fourth-order valence-corrected chi connectivity index (χ4v) is 9.87. The molecule has 0 unspecified atom stereocenters. The van der Waals surface area contributed by atoms with Gasteiger partial charge in [0.2, 0.25) is 20.2 Å². The second-order valence-electron chi connectivity index (χ2n) is 13.0. The quantitative estimate of drug-likeness (QED) is 0.113. The second kappa shape index (κ2) is 13.6. The van der Waals surface area contributed by atoms with E-state index in [0.29, 0.717) is 49.3 Å². The van der Waals surface area contributed by atoms with Crippen LogP contribution in [0, 0.1) is 5.92 Å². The number of halogens is 1. The predicted molar refractivity (Wildman–Crippen MR) is 173 cm³/mol. The number of nitrogens with zero attached hydrogens (tertiary/aromatic N) is 3. The smallest absolute Gasteiger partial charge is 0.305 e. The summed E-state index contributed by atoms with van der Waals surface area (Å²) in [7, 11) is -2.20. The Morgan fingerprint density at radius 3 is 2.50 bits per heavy atom. The number of anilines is 2.